The molecule has 104 valence electrons. The van der Waals surface area contributed by atoms with Crippen molar-refractivity contribution in [2.24, 2.45) is 0 Å². The second-order valence-corrected chi connectivity index (χ2v) is 4.64. The predicted octanol–water partition coefficient (Wildman–Crippen LogP) is 4.97. The fraction of sp³-hybridized carbons (Fsp3) is 0.0625. The number of nitrogens with zero attached hydrogens (tertiary/aromatic N) is 1. The van der Waals surface area contributed by atoms with Gasteiger partial charge in [0.2, 0.25) is 5.76 Å². The Morgan fingerprint density at radius 2 is 2.05 bits per heavy atom. The van der Waals surface area contributed by atoms with Gasteiger partial charge in [-0.2, -0.15) is 5.26 Å². The van der Waals surface area contributed by atoms with E-state index in [0.717, 1.165) is 0 Å². The number of ether oxygens (including phenoxy) is 1. The lowest BCUT2D eigenvalue weighted by molar-refractivity contribution is 0.433. The van der Waals surface area contributed by atoms with Gasteiger partial charge >= 0.3 is 0 Å². The van der Waals surface area contributed by atoms with Crippen molar-refractivity contribution in [3.63, 3.8) is 0 Å². The molecule has 21 heavy (non-hydrogen) atoms. The Kier molecular flexibility index (Phi) is 3.51. The quantitative estimate of drug-likeness (QED) is 0.641. The van der Waals surface area contributed by atoms with E-state index in [4.69, 9.17) is 26.0 Å². The molecule has 0 aliphatic carbocycles. The molecule has 0 bridgehead atoms. The van der Waals surface area contributed by atoms with Crippen LogP contribution in [-0.4, -0.2) is 0 Å². The molecule has 3 aromatic rings. The van der Waals surface area contributed by atoms with Crippen molar-refractivity contribution in [2.75, 3.05) is 0 Å². The second kappa shape index (κ2) is 5.47. The molecule has 0 amide bonds. The summed E-state index contributed by atoms with van der Waals surface area (Å²) in [5.74, 6) is -0.0770. The molecular weight excluding hydrogens is 293 g/mol. The minimum Gasteiger partial charge on any atom is -0.449 e. The first-order valence-electron chi connectivity index (χ1n) is 6.17. The number of alkyl halides is 1. The van der Waals surface area contributed by atoms with E-state index >= 15 is 0 Å². The van der Waals surface area contributed by atoms with Crippen LogP contribution in [0.5, 0.6) is 11.5 Å². The zero-order valence-electron chi connectivity index (χ0n) is 10.8. The van der Waals surface area contributed by atoms with E-state index in [9.17, 15) is 4.39 Å². The molecular formula is C16H9ClFNO2. The number of furan rings is 1. The zero-order valence-corrected chi connectivity index (χ0v) is 11.5. The van der Waals surface area contributed by atoms with Gasteiger partial charge in [0.1, 0.15) is 11.7 Å². The van der Waals surface area contributed by atoms with Crippen molar-refractivity contribution in [1.29, 1.82) is 5.26 Å². The topological polar surface area (TPSA) is 46.2 Å². The molecule has 0 unspecified atom stereocenters. The van der Waals surface area contributed by atoms with Crippen LogP contribution in [0, 0.1) is 17.1 Å². The molecule has 0 fully saturated rings. The first-order valence-corrected chi connectivity index (χ1v) is 6.70. The van der Waals surface area contributed by atoms with E-state index in [0.29, 0.717) is 16.5 Å². The fourth-order valence-corrected chi connectivity index (χ4v) is 2.18. The molecule has 3 rings (SSSR count). The number of halogens is 2. The van der Waals surface area contributed by atoms with Gasteiger partial charge in [-0.05, 0) is 29.8 Å². The van der Waals surface area contributed by atoms with Crippen molar-refractivity contribution in [3.05, 3.63) is 59.6 Å². The van der Waals surface area contributed by atoms with Crippen LogP contribution >= 0.6 is 11.6 Å². The SMILES string of the molecule is N#Cc1oc2ccccc2c1Oc1ccc(CCl)cc1F. The van der Waals surface area contributed by atoms with Crippen molar-refractivity contribution in [1.82, 2.24) is 0 Å². The van der Waals surface area contributed by atoms with Crippen molar-refractivity contribution >= 4 is 22.6 Å². The first-order chi connectivity index (χ1) is 10.2. The summed E-state index contributed by atoms with van der Waals surface area (Å²) in [6, 6.07) is 13.4. The molecule has 0 N–H and O–H groups in total. The third-order valence-electron chi connectivity index (χ3n) is 3.01. The highest BCUT2D eigenvalue weighted by Crippen LogP contribution is 2.36. The van der Waals surface area contributed by atoms with Gasteiger partial charge in [-0.3, -0.25) is 0 Å². The Hall–Kier alpha value is -2.51. The summed E-state index contributed by atoms with van der Waals surface area (Å²) in [4.78, 5) is 0. The van der Waals surface area contributed by atoms with E-state index < -0.39 is 5.82 Å². The largest absolute Gasteiger partial charge is 0.449 e. The molecule has 2 aromatic carbocycles. The molecule has 0 saturated carbocycles. The number of para-hydroxylation sites is 1. The zero-order chi connectivity index (χ0) is 14.8. The molecule has 0 radical (unpaired) electrons. The Morgan fingerprint density at radius 3 is 2.76 bits per heavy atom. The second-order valence-electron chi connectivity index (χ2n) is 4.37. The van der Waals surface area contributed by atoms with Crippen LogP contribution in [0.2, 0.25) is 0 Å². The molecule has 0 aliphatic heterocycles. The molecule has 1 heterocycles. The summed E-state index contributed by atoms with van der Waals surface area (Å²) in [5.41, 5.74) is 1.17. The highest BCUT2D eigenvalue weighted by molar-refractivity contribution is 6.17. The van der Waals surface area contributed by atoms with Gasteiger partial charge in [0.25, 0.3) is 0 Å². The molecule has 5 heteroatoms. The predicted molar refractivity (Wildman–Crippen MR) is 77.0 cm³/mol. The lowest BCUT2D eigenvalue weighted by Gasteiger charge is -2.06. The van der Waals surface area contributed by atoms with E-state index in [1.54, 1.807) is 30.3 Å². The number of fused-ring (bicyclic) bond motifs is 1. The smallest absolute Gasteiger partial charge is 0.247 e. The summed E-state index contributed by atoms with van der Waals surface area (Å²) in [7, 11) is 0. The maximum absolute atomic E-state index is 14.0. The lowest BCUT2D eigenvalue weighted by Crippen LogP contribution is -1.91. The number of nitriles is 1. The monoisotopic (exact) mass is 301 g/mol. The number of benzene rings is 2. The Balaban J connectivity index is 2.08. The van der Waals surface area contributed by atoms with Crippen LogP contribution in [0.4, 0.5) is 4.39 Å². The molecule has 3 nitrogen and oxygen atoms in total. The van der Waals surface area contributed by atoms with Crippen LogP contribution in [0.15, 0.2) is 46.9 Å². The number of rotatable bonds is 3. The van der Waals surface area contributed by atoms with E-state index in [1.165, 1.54) is 12.1 Å². The van der Waals surface area contributed by atoms with Gasteiger partial charge in [0, 0.05) is 5.88 Å². The average Bonchev–Trinajstić information content (AvgIpc) is 2.87. The lowest BCUT2D eigenvalue weighted by atomic mass is 10.2. The average molecular weight is 302 g/mol. The van der Waals surface area contributed by atoms with Gasteiger partial charge < -0.3 is 9.15 Å². The minimum atomic E-state index is -0.540. The molecule has 0 spiro atoms. The van der Waals surface area contributed by atoms with Gasteiger partial charge in [-0.15, -0.1) is 11.6 Å². The maximum Gasteiger partial charge on any atom is 0.247 e. The van der Waals surface area contributed by atoms with Crippen molar-refractivity contribution < 1.29 is 13.5 Å². The standard InChI is InChI=1S/C16H9ClFNO2/c17-8-10-5-6-14(12(18)7-10)21-16-11-3-1-2-4-13(11)20-15(16)9-19/h1-7H,8H2. The minimum absolute atomic E-state index is 0.0111. The maximum atomic E-state index is 14.0. The van der Waals surface area contributed by atoms with Crippen molar-refractivity contribution in [2.45, 2.75) is 5.88 Å². The van der Waals surface area contributed by atoms with Crippen LogP contribution < -0.4 is 4.74 Å². The van der Waals surface area contributed by atoms with Crippen LogP contribution in [0.25, 0.3) is 11.0 Å². The van der Waals surface area contributed by atoms with Crippen molar-refractivity contribution in [3.8, 4) is 17.6 Å². The van der Waals surface area contributed by atoms with E-state index in [1.807, 2.05) is 6.07 Å². The van der Waals surface area contributed by atoms with E-state index in [-0.39, 0.29) is 23.1 Å². The highest BCUT2D eigenvalue weighted by atomic mass is 35.5. The van der Waals surface area contributed by atoms with Gasteiger partial charge in [-0.25, -0.2) is 4.39 Å². The molecule has 0 saturated heterocycles. The molecule has 1 aromatic heterocycles. The summed E-state index contributed by atoms with van der Waals surface area (Å²) >= 11 is 5.65. The van der Waals surface area contributed by atoms with Crippen LogP contribution in [0.3, 0.4) is 0 Å². The van der Waals surface area contributed by atoms with E-state index in [2.05, 4.69) is 0 Å². The fourth-order valence-electron chi connectivity index (χ4n) is 2.02. The first kappa shape index (κ1) is 13.5. The highest BCUT2D eigenvalue weighted by Gasteiger charge is 2.17. The van der Waals surface area contributed by atoms with Gasteiger partial charge in [0.15, 0.2) is 17.3 Å². The van der Waals surface area contributed by atoms with Gasteiger partial charge in [0.05, 0.1) is 5.39 Å². The number of hydrogen-bond donors (Lipinski definition) is 0. The Morgan fingerprint density at radius 1 is 1.24 bits per heavy atom. The Labute approximate surface area is 125 Å². The van der Waals surface area contributed by atoms with Gasteiger partial charge in [-0.1, -0.05) is 18.2 Å². The third kappa shape index (κ3) is 2.44. The molecule has 0 atom stereocenters. The third-order valence-corrected chi connectivity index (χ3v) is 3.32. The van der Waals surface area contributed by atoms with Crippen LogP contribution in [0.1, 0.15) is 11.3 Å². The summed E-state index contributed by atoms with van der Waals surface area (Å²) in [5, 5.41) is 9.73. The Bertz CT molecular complexity index is 851. The molecule has 0 aliphatic rings. The number of hydrogen-bond acceptors (Lipinski definition) is 3. The summed E-state index contributed by atoms with van der Waals surface area (Å²) in [6.45, 7) is 0. The van der Waals surface area contributed by atoms with Crippen LogP contribution in [-0.2, 0) is 5.88 Å². The summed E-state index contributed by atoms with van der Waals surface area (Å²) in [6.07, 6.45) is 0. The normalized spacial score (nSPS) is 10.5. The summed E-state index contributed by atoms with van der Waals surface area (Å²) < 4.78 is 24.9.